The van der Waals surface area contributed by atoms with Gasteiger partial charge in [0.05, 0.1) is 16.8 Å². The SMILES string of the molecule is c1ccc(-c2cc(-c3ccccc3-c3ccccc3)nc(-c3cccc(-c4cccc5c4-c4ccccc4C5(c4ccccc4)c4ccccc4)c3)n2)cc1. The molecule has 0 N–H and O–H groups in total. The summed E-state index contributed by atoms with van der Waals surface area (Å²) in [6.07, 6.45) is 0. The van der Waals surface area contributed by atoms with Gasteiger partial charge in [-0.3, -0.25) is 0 Å². The van der Waals surface area contributed by atoms with Gasteiger partial charge in [0.2, 0.25) is 0 Å². The van der Waals surface area contributed by atoms with E-state index in [0.717, 1.165) is 44.8 Å². The van der Waals surface area contributed by atoms with E-state index in [1.165, 1.54) is 38.9 Å². The summed E-state index contributed by atoms with van der Waals surface area (Å²) < 4.78 is 0. The van der Waals surface area contributed by atoms with E-state index in [-0.39, 0.29) is 0 Å². The molecule has 1 aliphatic rings. The standard InChI is InChI=1S/C53H36N2/c1-5-19-37(20-6-1)43-29-13-14-30-45(43)50-36-49(38-21-7-2-8-22-38)54-52(55-50)40-24-17-23-39(35-40)44-32-18-34-48-51(44)46-31-15-16-33-47(46)53(48,41-25-9-3-10-26-41)42-27-11-4-12-28-42/h1-36H. The summed E-state index contributed by atoms with van der Waals surface area (Å²) in [5, 5.41) is 0. The molecule has 0 saturated carbocycles. The van der Waals surface area contributed by atoms with Gasteiger partial charge in [-0.25, -0.2) is 9.97 Å². The predicted octanol–water partition coefficient (Wildman–Crippen LogP) is 13.2. The van der Waals surface area contributed by atoms with Crippen molar-refractivity contribution in [1.29, 1.82) is 0 Å². The molecule has 0 saturated heterocycles. The summed E-state index contributed by atoms with van der Waals surface area (Å²) in [6.45, 7) is 0. The van der Waals surface area contributed by atoms with Crippen LogP contribution >= 0.6 is 0 Å². The minimum Gasteiger partial charge on any atom is -0.228 e. The lowest BCUT2D eigenvalue weighted by atomic mass is 9.67. The van der Waals surface area contributed by atoms with Crippen molar-refractivity contribution in [2.24, 2.45) is 0 Å². The second kappa shape index (κ2) is 13.7. The fourth-order valence-corrected chi connectivity index (χ4v) is 8.61. The minimum atomic E-state index is -0.462. The number of fused-ring (bicyclic) bond motifs is 3. The third kappa shape index (κ3) is 5.50. The lowest BCUT2D eigenvalue weighted by Crippen LogP contribution is -2.28. The lowest BCUT2D eigenvalue weighted by molar-refractivity contribution is 0.768. The molecule has 0 atom stereocenters. The van der Waals surface area contributed by atoms with Gasteiger partial charge >= 0.3 is 0 Å². The van der Waals surface area contributed by atoms with Gasteiger partial charge in [-0.2, -0.15) is 0 Å². The Hall–Kier alpha value is -7.16. The van der Waals surface area contributed by atoms with E-state index in [2.05, 4.69) is 212 Å². The first-order chi connectivity index (χ1) is 27.3. The van der Waals surface area contributed by atoms with Crippen LogP contribution in [0.5, 0.6) is 0 Å². The second-order valence-electron chi connectivity index (χ2n) is 14.1. The highest BCUT2D eigenvalue weighted by Crippen LogP contribution is 2.58. The molecule has 2 nitrogen and oxygen atoms in total. The van der Waals surface area contributed by atoms with Gasteiger partial charge in [-0.1, -0.05) is 206 Å². The maximum atomic E-state index is 5.32. The molecule has 1 aromatic heterocycles. The molecule has 0 unspecified atom stereocenters. The van der Waals surface area contributed by atoms with Gasteiger partial charge < -0.3 is 0 Å². The molecule has 9 aromatic rings. The lowest BCUT2D eigenvalue weighted by Gasteiger charge is -2.34. The molecular weight excluding hydrogens is 665 g/mol. The molecule has 0 amide bonds. The smallest absolute Gasteiger partial charge is 0.160 e. The first kappa shape index (κ1) is 32.5. The number of rotatable bonds is 7. The summed E-state index contributed by atoms with van der Waals surface area (Å²) >= 11 is 0. The molecular formula is C53H36N2. The van der Waals surface area contributed by atoms with Crippen LogP contribution in [0.25, 0.3) is 67.3 Å². The molecule has 10 rings (SSSR count). The summed E-state index contributed by atoms with van der Waals surface area (Å²) in [5.74, 6) is 0.692. The number of aromatic nitrogens is 2. The molecule has 1 heterocycles. The fraction of sp³-hybridized carbons (Fsp3) is 0.0189. The van der Waals surface area contributed by atoms with E-state index in [0.29, 0.717) is 5.82 Å². The quantitative estimate of drug-likeness (QED) is 0.165. The molecule has 2 heteroatoms. The first-order valence-corrected chi connectivity index (χ1v) is 18.8. The Morgan fingerprint density at radius 2 is 0.764 bits per heavy atom. The molecule has 0 aliphatic heterocycles. The third-order valence-corrected chi connectivity index (χ3v) is 11.0. The number of hydrogen-bond donors (Lipinski definition) is 0. The second-order valence-corrected chi connectivity index (χ2v) is 14.1. The van der Waals surface area contributed by atoms with Gasteiger partial charge in [-0.15, -0.1) is 0 Å². The monoisotopic (exact) mass is 700 g/mol. The van der Waals surface area contributed by atoms with E-state index in [4.69, 9.17) is 9.97 Å². The molecule has 258 valence electrons. The van der Waals surface area contributed by atoms with Crippen molar-refractivity contribution >= 4 is 0 Å². The molecule has 8 aromatic carbocycles. The molecule has 55 heavy (non-hydrogen) atoms. The molecule has 1 aliphatic carbocycles. The highest BCUT2D eigenvalue weighted by Gasteiger charge is 2.46. The van der Waals surface area contributed by atoms with Crippen LogP contribution in [0.15, 0.2) is 218 Å². The van der Waals surface area contributed by atoms with Crippen LogP contribution in [0.1, 0.15) is 22.3 Å². The van der Waals surface area contributed by atoms with Crippen molar-refractivity contribution in [2.45, 2.75) is 5.41 Å². The number of nitrogens with zero attached hydrogens (tertiary/aromatic N) is 2. The highest BCUT2D eigenvalue weighted by molar-refractivity contribution is 5.96. The molecule has 0 bridgehead atoms. The van der Waals surface area contributed by atoms with Crippen molar-refractivity contribution in [3.63, 3.8) is 0 Å². The van der Waals surface area contributed by atoms with Crippen molar-refractivity contribution in [2.75, 3.05) is 0 Å². The van der Waals surface area contributed by atoms with Crippen molar-refractivity contribution in [3.05, 3.63) is 241 Å². The minimum absolute atomic E-state index is 0.462. The van der Waals surface area contributed by atoms with Crippen LogP contribution in [0.3, 0.4) is 0 Å². The Morgan fingerprint density at radius 1 is 0.291 bits per heavy atom. The maximum absolute atomic E-state index is 5.32. The van der Waals surface area contributed by atoms with Crippen LogP contribution in [-0.4, -0.2) is 9.97 Å². The van der Waals surface area contributed by atoms with Crippen LogP contribution < -0.4 is 0 Å². The average Bonchev–Trinajstić information content (AvgIpc) is 3.59. The normalized spacial score (nSPS) is 12.5. The first-order valence-electron chi connectivity index (χ1n) is 18.8. The van der Waals surface area contributed by atoms with Crippen molar-refractivity contribution in [1.82, 2.24) is 9.97 Å². The van der Waals surface area contributed by atoms with Gasteiger partial charge in [-0.05, 0) is 67.8 Å². The van der Waals surface area contributed by atoms with Gasteiger partial charge in [0, 0.05) is 16.7 Å². The van der Waals surface area contributed by atoms with E-state index < -0.39 is 5.41 Å². The van der Waals surface area contributed by atoms with E-state index >= 15 is 0 Å². The summed E-state index contributed by atoms with van der Waals surface area (Å²) in [5.41, 5.74) is 16.6. The summed E-state index contributed by atoms with van der Waals surface area (Å²) in [7, 11) is 0. The van der Waals surface area contributed by atoms with Crippen LogP contribution in [0, 0.1) is 0 Å². The summed E-state index contributed by atoms with van der Waals surface area (Å²) in [4.78, 5) is 10.6. The Kier molecular flexibility index (Phi) is 8.08. The fourth-order valence-electron chi connectivity index (χ4n) is 8.61. The summed E-state index contributed by atoms with van der Waals surface area (Å²) in [6, 6.07) is 78.0. The topological polar surface area (TPSA) is 25.8 Å². The van der Waals surface area contributed by atoms with Crippen LogP contribution in [0.4, 0.5) is 0 Å². The third-order valence-electron chi connectivity index (χ3n) is 11.0. The van der Waals surface area contributed by atoms with Gasteiger partial charge in [0.1, 0.15) is 0 Å². The van der Waals surface area contributed by atoms with Crippen molar-refractivity contribution < 1.29 is 0 Å². The molecule has 0 radical (unpaired) electrons. The zero-order chi connectivity index (χ0) is 36.6. The zero-order valence-electron chi connectivity index (χ0n) is 30.2. The Labute approximate surface area is 322 Å². The maximum Gasteiger partial charge on any atom is 0.160 e. The number of hydrogen-bond acceptors (Lipinski definition) is 2. The van der Waals surface area contributed by atoms with E-state index in [1.54, 1.807) is 0 Å². The molecule has 0 fully saturated rings. The number of benzene rings is 8. The zero-order valence-corrected chi connectivity index (χ0v) is 30.2. The van der Waals surface area contributed by atoms with Crippen LogP contribution in [-0.2, 0) is 5.41 Å². The van der Waals surface area contributed by atoms with E-state index in [1.807, 2.05) is 6.07 Å². The van der Waals surface area contributed by atoms with Gasteiger partial charge in [0.25, 0.3) is 0 Å². The van der Waals surface area contributed by atoms with E-state index in [9.17, 15) is 0 Å². The van der Waals surface area contributed by atoms with Gasteiger partial charge in [0.15, 0.2) is 5.82 Å². The van der Waals surface area contributed by atoms with Crippen molar-refractivity contribution in [3.8, 4) is 67.3 Å². The Bertz CT molecular complexity index is 2750. The Morgan fingerprint density at radius 3 is 1.45 bits per heavy atom. The highest BCUT2D eigenvalue weighted by atomic mass is 14.9. The Balaban J connectivity index is 1.17. The predicted molar refractivity (Wildman–Crippen MR) is 227 cm³/mol. The largest absolute Gasteiger partial charge is 0.228 e. The average molecular weight is 701 g/mol. The molecule has 0 spiro atoms. The van der Waals surface area contributed by atoms with Crippen LogP contribution in [0.2, 0.25) is 0 Å².